The van der Waals surface area contributed by atoms with Crippen LogP contribution in [0.2, 0.25) is 0 Å². The van der Waals surface area contributed by atoms with Crippen molar-refractivity contribution in [3.05, 3.63) is 52.6 Å². The van der Waals surface area contributed by atoms with Crippen molar-refractivity contribution in [2.45, 2.75) is 142 Å². The second-order valence-electron chi connectivity index (χ2n) is 18.2. The summed E-state index contributed by atoms with van der Waals surface area (Å²) in [6.07, 6.45) is 11.9. The standard InChI is InChI=1S/C42H56O6/c1-24-12-9-20-42(29(24)22-28-25(2)13-16-32-38(4,5)18-11-21-41(28,32)36(44)45)35-30(48-37(42)46)15-14-27-34(35)31(47-26(3)43)23-33-39(6,7)17-10-19-40(27,33)8/h12,14-15,28-29,31-33H,2,9-11,13,16-23H2,1,3-8H3,(H,44,45)/t28-,29-,31-,32-,33-,40+,41-,42-/m0/s1. The number of carboxylic acids is 1. The first-order valence-electron chi connectivity index (χ1n) is 18.7. The lowest BCUT2D eigenvalue weighted by Crippen LogP contribution is -2.57. The summed E-state index contributed by atoms with van der Waals surface area (Å²) in [5, 5.41) is 11.2. The second kappa shape index (κ2) is 11.1. The summed E-state index contributed by atoms with van der Waals surface area (Å²) in [7, 11) is 0. The number of rotatable bonds is 4. The molecule has 260 valence electrons. The SMILES string of the molecule is C=C1CC[C@H]2C(C)(C)CCC[C@]2(C(=O)O)[C@H]1C[C@H]1C(C)=CCC[C@]12C(=O)Oc1ccc3c(c12)[C@@H](OC(C)=O)C[C@H]1C(C)(C)CCC[C@]31C. The zero-order valence-electron chi connectivity index (χ0n) is 30.3. The molecule has 3 saturated carbocycles. The fourth-order valence-electron chi connectivity index (χ4n) is 12.9. The monoisotopic (exact) mass is 656 g/mol. The highest BCUT2D eigenvalue weighted by molar-refractivity contribution is 5.93. The van der Waals surface area contributed by atoms with Crippen LogP contribution in [0.4, 0.5) is 0 Å². The first-order chi connectivity index (χ1) is 22.5. The molecule has 1 aliphatic heterocycles. The summed E-state index contributed by atoms with van der Waals surface area (Å²) in [5.74, 6) is -0.822. The molecule has 1 aromatic rings. The van der Waals surface area contributed by atoms with Crippen molar-refractivity contribution in [2.75, 3.05) is 0 Å². The van der Waals surface area contributed by atoms with E-state index < -0.39 is 22.9 Å². The van der Waals surface area contributed by atoms with Crippen LogP contribution in [0.3, 0.4) is 0 Å². The molecule has 3 fully saturated rings. The molecule has 5 aliphatic carbocycles. The minimum Gasteiger partial charge on any atom is -0.481 e. The summed E-state index contributed by atoms with van der Waals surface area (Å²) < 4.78 is 12.5. The zero-order valence-corrected chi connectivity index (χ0v) is 30.3. The van der Waals surface area contributed by atoms with Gasteiger partial charge in [-0.25, -0.2) is 0 Å². The van der Waals surface area contributed by atoms with E-state index in [1.54, 1.807) is 0 Å². The lowest BCUT2D eigenvalue weighted by atomic mass is 9.44. The molecule has 1 spiro atoms. The van der Waals surface area contributed by atoms with Gasteiger partial charge in [-0.3, -0.25) is 14.4 Å². The molecule has 48 heavy (non-hydrogen) atoms. The quantitative estimate of drug-likeness (QED) is 0.197. The number of ether oxygens (including phenoxy) is 2. The Kier molecular flexibility index (Phi) is 7.74. The lowest BCUT2D eigenvalue weighted by molar-refractivity contribution is -0.171. The highest BCUT2D eigenvalue weighted by atomic mass is 16.5. The molecule has 7 rings (SSSR count). The Balaban J connectivity index is 1.42. The number of allylic oxidation sites excluding steroid dienone is 3. The number of esters is 2. The van der Waals surface area contributed by atoms with Gasteiger partial charge >= 0.3 is 17.9 Å². The number of hydrogen-bond acceptors (Lipinski definition) is 5. The average molecular weight is 657 g/mol. The van der Waals surface area contributed by atoms with E-state index in [9.17, 15) is 19.5 Å². The van der Waals surface area contributed by atoms with Gasteiger partial charge in [-0.05, 0) is 117 Å². The lowest BCUT2D eigenvalue weighted by Gasteiger charge is -2.58. The van der Waals surface area contributed by atoms with Gasteiger partial charge in [0.1, 0.15) is 17.3 Å². The molecular weight excluding hydrogens is 600 g/mol. The topological polar surface area (TPSA) is 89.9 Å². The van der Waals surface area contributed by atoms with Crippen LogP contribution in [0.15, 0.2) is 35.9 Å². The third-order valence-corrected chi connectivity index (χ3v) is 15.0. The minimum absolute atomic E-state index is 0.0473. The number of hydrogen-bond donors (Lipinski definition) is 1. The van der Waals surface area contributed by atoms with Crippen LogP contribution in [0.1, 0.15) is 148 Å². The Morgan fingerprint density at radius 2 is 1.67 bits per heavy atom. The van der Waals surface area contributed by atoms with Gasteiger partial charge in [0.05, 0.1) is 5.41 Å². The van der Waals surface area contributed by atoms with Gasteiger partial charge < -0.3 is 14.6 Å². The maximum atomic E-state index is 14.7. The summed E-state index contributed by atoms with van der Waals surface area (Å²) in [6.45, 7) is 19.8. The predicted octanol–water partition coefficient (Wildman–Crippen LogP) is 9.55. The van der Waals surface area contributed by atoms with E-state index in [1.807, 2.05) is 6.07 Å². The average Bonchev–Trinajstić information content (AvgIpc) is 3.27. The Morgan fingerprint density at radius 1 is 0.979 bits per heavy atom. The first-order valence-corrected chi connectivity index (χ1v) is 18.7. The molecule has 1 aromatic carbocycles. The Morgan fingerprint density at radius 3 is 2.35 bits per heavy atom. The molecule has 1 N–H and O–H groups in total. The van der Waals surface area contributed by atoms with E-state index >= 15 is 0 Å². The number of benzene rings is 1. The Hall–Kier alpha value is -2.89. The number of aliphatic carboxylic acids is 1. The Labute approximate surface area is 287 Å². The Bertz CT molecular complexity index is 1610. The maximum absolute atomic E-state index is 14.7. The van der Waals surface area contributed by atoms with Crippen molar-refractivity contribution in [3.8, 4) is 5.75 Å². The van der Waals surface area contributed by atoms with E-state index in [0.29, 0.717) is 37.4 Å². The van der Waals surface area contributed by atoms with Gasteiger partial charge in [0, 0.05) is 24.0 Å². The van der Waals surface area contributed by atoms with E-state index in [-0.39, 0.29) is 45.9 Å². The van der Waals surface area contributed by atoms with Crippen LogP contribution >= 0.6 is 0 Å². The molecule has 0 saturated heterocycles. The molecule has 6 heteroatoms. The van der Waals surface area contributed by atoms with Crippen molar-refractivity contribution >= 4 is 17.9 Å². The number of fused-ring (bicyclic) bond motifs is 7. The fourth-order valence-corrected chi connectivity index (χ4v) is 12.9. The largest absolute Gasteiger partial charge is 0.481 e. The van der Waals surface area contributed by atoms with Crippen LogP contribution in [-0.4, -0.2) is 23.0 Å². The second-order valence-corrected chi connectivity index (χ2v) is 18.2. The van der Waals surface area contributed by atoms with Crippen molar-refractivity contribution in [1.82, 2.24) is 0 Å². The zero-order chi connectivity index (χ0) is 34.6. The van der Waals surface area contributed by atoms with Crippen LogP contribution < -0.4 is 4.74 Å². The third-order valence-electron chi connectivity index (χ3n) is 15.0. The number of carboxylic acid groups (broad SMARTS) is 1. The van der Waals surface area contributed by atoms with Gasteiger partial charge in [0.15, 0.2) is 0 Å². The van der Waals surface area contributed by atoms with E-state index in [2.05, 4.69) is 60.3 Å². The van der Waals surface area contributed by atoms with Gasteiger partial charge in [-0.1, -0.05) is 77.3 Å². The van der Waals surface area contributed by atoms with Crippen LogP contribution in [0.5, 0.6) is 5.75 Å². The highest BCUT2D eigenvalue weighted by Crippen LogP contribution is 2.67. The number of carbonyl (C=O) groups is 3. The van der Waals surface area contributed by atoms with Gasteiger partial charge in [-0.15, -0.1) is 0 Å². The van der Waals surface area contributed by atoms with Crippen LogP contribution in [0.25, 0.3) is 0 Å². The molecule has 0 bridgehead atoms. The molecule has 6 nitrogen and oxygen atoms in total. The third kappa shape index (κ3) is 4.52. The van der Waals surface area contributed by atoms with E-state index in [0.717, 1.165) is 73.6 Å². The van der Waals surface area contributed by atoms with Crippen LogP contribution in [0, 0.1) is 39.9 Å². The smallest absolute Gasteiger partial charge is 0.322 e. The van der Waals surface area contributed by atoms with Gasteiger partial charge in [0.25, 0.3) is 0 Å². The molecule has 6 aliphatic rings. The molecule has 0 aromatic heterocycles. The van der Waals surface area contributed by atoms with E-state index in [1.165, 1.54) is 12.5 Å². The van der Waals surface area contributed by atoms with Crippen molar-refractivity contribution in [3.63, 3.8) is 0 Å². The normalized spacial score (nSPS) is 39.3. The molecular formula is C42H56O6. The predicted molar refractivity (Wildman–Crippen MR) is 186 cm³/mol. The molecule has 0 amide bonds. The van der Waals surface area contributed by atoms with E-state index in [4.69, 9.17) is 9.47 Å². The molecule has 8 atom stereocenters. The van der Waals surface area contributed by atoms with Crippen LogP contribution in [-0.2, 0) is 30.0 Å². The first kappa shape index (κ1) is 33.6. The van der Waals surface area contributed by atoms with Crippen molar-refractivity contribution in [1.29, 1.82) is 0 Å². The number of carbonyl (C=O) groups excluding carboxylic acids is 2. The minimum atomic E-state index is -0.984. The molecule has 0 radical (unpaired) electrons. The summed E-state index contributed by atoms with van der Waals surface area (Å²) in [6, 6.07) is 4.16. The van der Waals surface area contributed by atoms with Crippen molar-refractivity contribution in [2.24, 2.45) is 39.9 Å². The fraction of sp³-hybridized carbons (Fsp3) is 0.690. The molecule has 0 unspecified atom stereocenters. The summed E-state index contributed by atoms with van der Waals surface area (Å²) in [5.41, 5.74) is 3.19. The van der Waals surface area contributed by atoms with Crippen molar-refractivity contribution < 1.29 is 29.0 Å². The summed E-state index contributed by atoms with van der Waals surface area (Å²) >= 11 is 0. The summed E-state index contributed by atoms with van der Waals surface area (Å²) in [4.78, 5) is 41.0. The maximum Gasteiger partial charge on any atom is 0.322 e. The van der Waals surface area contributed by atoms with Gasteiger partial charge in [-0.2, -0.15) is 0 Å². The molecule has 1 heterocycles. The van der Waals surface area contributed by atoms with Gasteiger partial charge in [0.2, 0.25) is 0 Å². The highest BCUT2D eigenvalue weighted by Gasteiger charge is 2.65.